The summed E-state index contributed by atoms with van der Waals surface area (Å²) in [6, 6.07) is 0. The van der Waals surface area contributed by atoms with E-state index in [0.717, 1.165) is 0 Å². The van der Waals surface area contributed by atoms with Gasteiger partial charge in [-0.2, -0.15) is 0 Å². The van der Waals surface area contributed by atoms with Crippen LogP contribution in [0.5, 0.6) is 0 Å². The van der Waals surface area contributed by atoms with E-state index < -0.39 is 11.8 Å². The predicted octanol–water partition coefficient (Wildman–Crippen LogP) is 3.71. The van der Waals surface area contributed by atoms with Gasteiger partial charge in [0.1, 0.15) is 0 Å². The zero-order chi connectivity index (χ0) is 9.28. The Bertz CT molecular complexity index is 120. The van der Waals surface area contributed by atoms with Crippen LogP contribution < -0.4 is 0 Å². The lowest BCUT2D eigenvalue weighted by Crippen LogP contribution is -2.27. The molecule has 0 fully saturated rings. The van der Waals surface area contributed by atoms with Gasteiger partial charge in [-0.15, -0.1) is 0 Å². The van der Waals surface area contributed by atoms with E-state index in [0.29, 0.717) is 6.42 Å². The second-order valence-corrected chi connectivity index (χ2v) is 5.03. The van der Waals surface area contributed by atoms with Gasteiger partial charge in [-0.05, 0) is 11.8 Å². The van der Waals surface area contributed by atoms with E-state index in [1.807, 2.05) is 20.8 Å². The quantitative estimate of drug-likeness (QED) is 0.583. The molecule has 68 valence electrons. The Labute approximate surface area is 68.0 Å². The number of alkyl halides is 2. The van der Waals surface area contributed by atoms with Gasteiger partial charge < -0.3 is 0 Å². The molecule has 0 aliphatic carbocycles. The van der Waals surface area contributed by atoms with Crippen molar-refractivity contribution in [3.8, 4) is 0 Å². The fourth-order valence-corrected chi connectivity index (χ4v) is 1.44. The number of rotatable bonds is 2. The van der Waals surface area contributed by atoms with E-state index in [2.05, 4.69) is 0 Å². The van der Waals surface area contributed by atoms with Gasteiger partial charge in [0.05, 0.1) is 0 Å². The summed E-state index contributed by atoms with van der Waals surface area (Å²) in [5.74, 6) is 0. The van der Waals surface area contributed by atoms with Crippen molar-refractivity contribution >= 4 is 0 Å². The molecule has 0 bridgehead atoms. The molecule has 0 heterocycles. The van der Waals surface area contributed by atoms with Gasteiger partial charge in [0.15, 0.2) is 0 Å². The molecule has 2 heteroatoms. The van der Waals surface area contributed by atoms with Crippen LogP contribution in [0.15, 0.2) is 0 Å². The molecular formula is C9H18F2. The molecule has 0 spiro atoms. The third kappa shape index (κ3) is 4.33. The summed E-state index contributed by atoms with van der Waals surface area (Å²) in [6.45, 7) is 9.18. The van der Waals surface area contributed by atoms with Crippen LogP contribution in [0.25, 0.3) is 0 Å². The van der Waals surface area contributed by atoms with E-state index >= 15 is 0 Å². The van der Waals surface area contributed by atoms with E-state index in [-0.39, 0.29) is 5.41 Å². The Morgan fingerprint density at radius 3 is 1.45 bits per heavy atom. The number of hydrogen-bond acceptors (Lipinski definition) is 0. The van der Waals surface area contributed by atoms with Gasteiger partial charge in [-0.25, -0.2) is 8.78 Å². The minimum absolute atomic E-state index is 0.0140. The van der Waals surface area contributed by atoms with E-state index in [4.69, 9.17) is 0 Å². The Hall–Kier alpha value is -0.140. The molecule has 0 radical (unpaired) electrons. The molecule has 0 atom stereocenters. The van der Waals surface area contributed by atoms with Crippen LogP contribution in [0.2, 0.25) is 0 Å². The van der Waals surface area contributed by atoms with Crippen LogP contribution in [0.1, 0.15) is 41.0 Å². The van der Waals surface area contributed by atoms with Crippen molar-refractivity contribution < 1.29 is 8.78 Å². The van der Waals surface area contributed by atoms with Crippen LogP contribution in [-0.4, -0.2) is 6.43 Å². The molecule has 0 aromatic rings. The lowest BCUT2D eigenvalue weighted by atomic mass is 9.76. The van der Waals surface area contributed by atoms with Crippen molar-refractivity contribution in [1.82, 2.24) is 0 Å². The second kappa shape index (κ2) is 3.08. The second-order valence-electron chi connectivity index (χ2n) is 5.03. The van der Waals surface area contributed by atoms with Gasteiger partial charge >= 0.3 is 0 Å². The topological polar surface area (TPSA) is 0 Å². The minimum Gasteiger partial charge on any atom is -0.210 e. The van der Waals surface area contributed by atoms with Crippen LogP contribution in [-0.2, 0) is 0 Å². The largest absolute Gasteiger partial charge is 0.243 e. The molecule has 0 saturated carbocycles. The number of hydrogen-bond donors (Lipinski definition) is 0. The first kappa shape index (κ1) is 10.9. The van der Waals surface area contributed by atoms with Crippen molar-refractivity contribution in [1.29, 1.82) is 0 Å². The zero-order valence-electron chi connectivity index (χ0n) is 8.04. The molecule has 11 heavy (non-hydrogen) atoms. The fourth-order valence-electron chi connectivity index (χ4n) is 1.44. The maximum atomic E-state index is 12.3. The maximum Gasteiger partial charge on any atom is 0.243 e. The zero-order valence-corrected chi connectivity index (χ0v) is 8.04. The first-order valence-electron chi connectivity index (χ1n) is 3.93. The molecule has 0 rings (SSSR count). The summed E-state index contributed by atoms with van der Waals surface area (Å²) in [7, 11) is 0. The Morgan fingerprint density at radius 1 is 1.00 bits per heavy atom. The van der Waals surface area contributed by atoms with Gasteiger partial charge in [-0.3, -0.25) is 0 Å². The average Bonchev–Trinajstić information content (AvgIpc) is 1.56. The highest BCUT2D eigenvalue weighted by Gasteiger charge is 2.33. The maximum absolute atomic E-state index is 12.3. The van der Waals surface area contributed by atoms with Crippen LogP contribution in [0.4, 0.5) is 8.78 Å². The van der Waals surface area contributed by atoms with Crippen LogP contribution in [0, 0.1) is 10.8 Å². The molecule has 0 aromatic heterocycles. The van der Waals surface area contributed by atoms with Gasteiger partial charge in [-0.1, -0.05) is 34.6 Å². The third-order valence-corrected chi connectivity index (χ3v) is 1.58. The third-order valence-electron chi connectivity index (χ3n) is 1.58. The summed E-state index contributed by atoms with van der Waals surface area (Å²) >= 11 is 0. The van der Waals surface area contributed by atoms with Crippen molar-refractivity contribution in [3.63, 3.8) is 0 Å². The Morgan fingerprint density at radius 2 is 1.36 bits per heavy atom. The van der Waals surface area contributed by atoms with Crippen LogP contribution >= 0.6 is 0 Å². The average molecular weight is 164 g/mol. The van der Waals surface area contributed by atoms with Crippen molar-refractivity contribution in [2.24, 2.45) is 10.8 Å². The number of halogens is 2. The molecular weight excluding hydrogens is 146 g/mol. The lowest BCUT2D eigenvalue weighted by Gasteiger charge is -2.31. The first-order chi connectivity index (χ1) is 4.65. The molecule has 0 aliphatic heterocycles. The first-order valence-corrected chi connectivity index (χ1v) is 3.93. The lowest BCUT2D eigenvalue weighted by molar-refractivity contribution is -0.00630. The summed E-state index contributed by atoms with van der Waals surface area (Å²) in [6.07, 6.45) is -1.67. The van der Waals surface area contributed by atoms with Crippen LogP contribution in [0.3, 0.4) is 0 Å². The smallest absolute Gasteiger partial charge is 0.210 e. The monoisotopic (exact) mass is 164 g/mol. The van der Waals surface area contributed by atoms with Crippen molar-refractivity contribution in [2.75, 3.05) is 0 Å². The summed E-state index contributed by atoms with van der Waals surface area (Å²) in [4.78, 5) is 0. The molecule has 0 aliphatic rings. The summed E-state index contributed by atoms with van der Waals surface area (Å²) in [5, 5.41) is 0. The summed E-state index contributed by atoms with van der Waals surface area (Å²) in [5.41, 5.74) is -0.863. The standard InChI is InChI=1S/C9H18F2/c1-8(2,3)6-9(4,5)7(10)11/h7H,6H2,1-5H3. The van der Waals surface area contributed by atoms with E-state index in [1.54, 1.807) is 13.8 Å². The Balaban J connectivity index is 4.13. The van der Waals surface area contributed by atoms with E-state index in [1.165, 1.54) is 0 Å². The van der Waals surface area contributed by atoms with Gasteiger partial charge in [0, 0.05) is 5.41 Å². The molecule has 0 amide bonds. The van der Waals surface area contributed by atoms with Crippen molar-refractivity contribution in [2.45, 2.75) is 47.5 Å². The minimum atomic E-state index is -2.22. The van der Waals surface area contributed by atoms with Gasteiger partial charge in [0.2, 0.25) is 6.43 Å². The highest BCUT2D eigenvalue weighted by atomic mass is 19.3. The molecule has 0 aromatic carbocycles. The normalized spacial score (nSPS) is 14.2. The predicted molar refractivity (Wildman–Crippen MR) is 43.9 cm³/mol. The SMILES string of the molecule is CC(C)(C)CC(C)(C)C(F)F. The highest BCUT2D eigenvalue weighted by Crippen LogP contribution is 2.37. The van der Waals surface area contributed by atoms with Gasteiger partial charge in [0.25, 0.3) is 0 Å². The Kier molecular flexibility index (Phi) is 3.04. The molecule has 0 saturated heterocycles. The highest BCUT2D eigenvalue weighted by molar-refractivity contribution is 4.77. The molecule has 0 nitrogen and oxygen atoms in total. The van der Waals surface area contributed by atoms with E-state index in [9.17, 15) is 8.78 Å². The molecule has 0 N–H and O–H groups in total. The van der Waals surface area contributed by atoms with Crippen molar-refractivity contribution in [3.05, 3.63) is 0 Å². The fraction of sp³-hybridized carbons (Fsp3) is 1.00. The molecule has 0 unspecified atom stereocenters. The summed E-state index contributed by atoms with van der Waals surface area (Å²) < 4.78 is 24.7.